The molecule has 1 atom stereocenters. The van der Waals surface area contributed by atoms with Crippen LogP contribution in [0.3, 0.4) is 0 Å². The second kappa shape index (κ2) is 9.69. The lowest BCUT2D eigenvalue weighted by Gasteiger charge is -2.17. The number of aryl methyl sites for hydroxylation is 4. The van der Waals surface area contributed by atoms with E-state index in [-0.39, 0.29) is 18.6 Å². The lowest BCUT2D eigenvalue weighted by Crippen LogP contribution is -2.32. The van der Waals surface area contributed by atoms with Crippen molar-refractivity contribution in [2.45, 2.75) is 39.8 Å². The Labute approximate surface area is 189 Å². The molecule has 1 heterocycles. The highest BCUT2D eigenvalue weighted by atomic mass is 16.5. The Kier molecular flexibility index (Phi) is 6.55. The number of hydrogen-bond donors (Lipinski definition) is 1. The van der Waals surface area contributed by atoms with Crippen LogP contribution < -0.4 is 10.1 Å². The van der Waals surface area contributed by atoms with E-state index in [2.05, 4.69) is 40.2 Å². The van der Waals surface area contributed by atoms with Gasteiger partial charge < -0.3 is 14.6 Å². The summed E-state index contributed by atoms with van der Waals surface area (Å²) in [7, 11) is 0. The number of carbonyl (C=O) groups excluding carboxylic acids is 1. The number of aromatic nitrogens is 2. The van der Waals surface area contributed by atoms with E-state index >= 15 is 0 Å². The largest absolute Gasteiger partial charge is 0.483 e. The zero-order valence-electron chi connectivity index (χ0n) is 18.8. The first-order chi connectivity index (χ1) is 15.5. The fourth-order valence-electron chi connectivity index (χ4n) is 3.90. The summed E-state index contributed by atoms with van der Waals surface area (Å²) in [6, 6.07) is 24.2. The molecule has 4 aromatic rings. The number of imidazole rings is 1. The predicted molar refractivity (Wildman–Crippen MR) is 128 cm³/mol. The Morgan fingerprint density at radius 2 is 1.78 bits per heavy atom. The van der Waals surface area contributed by atoms with Crippen LogP contribution >= 0.6 is 0 Å². The Bertz CT molecular complexity index is 1210. The molecule has 0 bridgehead atoms. The van der Waals surface area contributed by atoms with Gasteiger partial charge in [-0.3, -0.25) is 4.79 Å². The van der Waals surface area contributed by atoms with Crippen LogP contribution in [-0.2, 0) is 17.8 Å². The van der Waals surface area contributed by atoms with E-state index in [4.69, 9.17) is 9.72 Å². The maximum absolute atomic E-state index is 12.6. The number of nitrogens with zero attached hydrogens (tertiary/aromatic N) is 2. The van der Waals surface area contributed by atoms with Crippen molar-refractivity contribution in [3.8, 4) is 5.75 Å². The van der Waals surface area contributed by atoms with Crippen molar-refractivity contribution in [2.24, 2.45) is 0 Å². The minimum atomic E-state index is -0.243. The van der Waals surface area contributed by atoms with E-state index in [1.165, 1.54) is 5.56 Å². The number of carbonyl (C=O) groups is 1. The van der Waals surface area contributed by atoms with Crippen molar-refractivity contribution in [1.29, 1.82) is 0 Å². The molecule has 1 N–H and O–H groups in total. The van der Waals surface area contributed by atoms with Crippen LogP contribution in [0.15, 0.2) is 72.8 Å². The molecule has 5 nitrogen and oxygen atoms in total. The second-order valence-corrected chi connectivity index (χ2v) is 8.19. The molecule has 1 aromatic heterocycles. The van der Waals surface area contributed by atoms with Crippen molar-refractivity contribution >= 4 is 16.9 Å². The number of hydrogen-bond acceptors (Lipinski definition) is 3. The number of benzene rings is 3. The number of nitrogens with one attached hydrogen (secondary N) is 1. The van der Waals surface area contributed by atoms with Gasteiger partial charge in [-0.25, -0.2) is 4.98 Å². The topological polar surface area (TPSA) is 56.1 Å². The van der Waals surface area contributed by atoms with Crippen LogP contribution in [0.5, 0.6) is 5.75 Å². The molecule has 0 aliphatic carbocycles. The first-order valence-electron chi connectivity index (χ1n) is 11.0. The molecule has 0 spiro atoms. The van der Waals surface area contributed by atoms with Crippen molar-refractivity contribution in [3.05, 3.63) is 95.3 Å². The van der Waals surface area contributed by atoms with Crippen molar-refractivity contribution in [3.63, 3.8) is 0 Å². The zero-order chi connectivity index (χ0) is 22.5. The zero-order valence-corrected chi connectivity index (χ0v) is 18.8. The highest BCUT2D eigenvalue weighted by molar-refractivity contribution is 5.79. The molecule has 0 aliphatic rings. The van der Waals surface area contributed by atoms with Gasteiger partial charge in [0.2, 0.25) is 0 Å². The molecule has 164 valence electrons. The van der Waals surface area contributed by atoms with E-state index in [0.29, 0.717) is 0 Å². The van der Waals surface area contributed by atoms with E-state index in [1.54, 1.807) is 0 Å². The quantitative estimate of drug-likeness (QED) is 0.423. The molecular formula is C27H29N3O2. The molecule has 1 unspecified atom stereocenters. The summed E-state index contributed by atoms with van der Waals surface area (Å²) in [4.78, 5) is 17.5. The van der Waals surface area contributed by atoms with Crippen molar-refractivity contribution in [1.82, 2.24) is 14.9 Å². The molecule has 0 saturated carbocycles. The number of para-hydroxylation sites is 2. The Balaban J connectivity index is 1.48. The molecule has 5 heteroatoms. The van der Waals surface area contributed by atoms with Crippen LogP contribution in [0.4, 0.5) is 0 Å². The summed E-state index contributed by atoms with van der Waals surface area (Å²) in [5.41, 5.74) is 5.40. The lowest BCUT2D eigenvalue weighted by atomic mass is 10.1. The fourth-order valence-corrected chi connectivity index (χ4v) is 3.90. The van der Waals surface area contributed by atoms with Gasteiger partial charge in [-0.2, -0.15) is 0 Å². The standard InChI is InChI=1S/C27H29N3O2/c1-19-13-14-20(2)25(17-19)32-18-26(31)28-21(3)27-29-23-11-7-8-12-24(23)30(27)16-15-22-9-5-4-6-10-22/h4-14,17,21H,15-16,18H2,1-3H3,(H,28,31). The minimum absolute atomic E-state index is 0.0289. The van der Waals surface area contributed by atoms with E-state index in [9.17, 15) is 4.79 Å². The molecule has 3 aromatic carbocycles. The van der Waals surface area contributed by atoms with Gasteiger partial charge in [0.25, 0.3) is 5.91 Å². The summed E-state index contributed by atoms with van der Waals surface area (Å²) in [6.07, 6.45) is 0.893. The summed E-state index contributed by atoms with van der Waals surface area (Å²) < 4.78 is 7.98. The first-order valence-corrected chi connectivity index (χ1v) is 11.0. The maximum Gasteiger partial charge on any atom is 0.258 e. The van der Waals surface area contributed by atoms with Crippen LogP contribution in [0.25, 0.3) is 11.0 Å². The van der Waals surface area contributed by atoms with E-state index < -0.39 is 0 Å². The number of ether oxygens (including phenoxy) is 1. The molecule has 0 radical (unpaired) electrons. The van der Waals surface area contributed by atoms with Crippen LogP contribution in [-0.4, -0.2) is 22.1 Å². The Hall–Kier alpha value is -3.60. The number of amides is 1. The van der Waals surface area contributed by atoms with Gasteiger partial charge in [-0.1, -0.05) is 54.6 Å². The third-order valence-corrected chi connectivity index (χ3v) is 5.62. The molecule has 0 fully saturated rings. The number of rotatable bonds is 8. The van der Waals surface area contributed by atoms with Gasteiger partial charge >= 0.3 is 0 Å². The third kappa shape index (κ3) is 4.99. The predicted octanol–water partition coefficient (Wildman–Crippen LogP) is 5.15. The van der Waals surface area contributed by atoms with Gasteiger partial charge in [0.1, 0.15) is 11.6 Å². The Morgan fingerprint density at radius 3 is 2.59 bits per heavy atom. The normalized spacial score (nSPS) is 12.0. The van der Waals surface area contributed by atoms with Gasteiger partial charge in [0.05, 0.1) is 17.1 Å². The Morgan fingerprint density at radius 1 is 1.03 bits per heavy atom. The van der Waals surface area contributed by atoms with Crippen LogP contribution in [0.1, 0.15) is 35.5 Å². The average molecular weight is 428 g/mol. The summed E-state index contributed by atoms with van der Waals surface area (Å²) >= 11 is 0. The van der Waals surface area contributed by atoms with E-state index in [1.807, 2.05) is 63.2 Å². The highest BCUT2D eigenvalue weighted by Gasteiger charge is 2.19. The molecular weight excluding hydrogens is 398 g/mol. The first kappa shape index (κ1) is 21.6. The molecule has 0 saturated heterocycles. The summed E-state index contributed by atoms with van der Waals surface area (Å²) in [6.45, 7) is 6.72. The van der Waals surface area contributed by atoms with Gasteiger partial charge in [-0.05, 0) is 62.1 Å². The van der Waals surface area contributed by atoms with Gasteiger partial charge in [0, 0.05) is 6.54 Å². The summed E-state index contributed by atoms with van der Waals surface area (Å²) in [5, 5.41) is 3.05. The molecule has 32 heavy (non-hydrogen) atoms. The fraction of sp³-hybridized carbons (Fsp3) is 0.259. The highest BCUT2D eigenvalue weighted by Crippen LogP contribution is 2.22. The molecule has 0 aliphatic heterocycles. The van der Waals surface area contributed by atoms with Gasteiger partial charge in [-0.15, -0.1) is 0 Å². The minimum Gasteiger partial charge on any atom is -0.483 e. The van der Waals surface area contributed by atoms with Crippen molar-refractivity contribution in [2.75, 3.05) is 6.61 Å². The molecule has 4 rings (SSSR count). The SMILES string of the molecule is Cc1ccc(C)c(OCC(=O)NC(C)c2nc3ccccc3n2CCc2ccccc2)c1. The third-order valence-electron chi connectivity index (χ3n) is 5.62. The van der Waals surface area contributed by atoms with Gasteiger partial charge in [0.15, 0.2) is 6.61 Å². The number of fused-ring (bicyclic) bond motifs is 1. The monoisotopic (exact) mass is 427 g/mol. The van der Waals surface area contributed by atoms with Crippen molar-refractivity contribution < 1.29 is 9.53 Å². The lowest BCUT2D eigenvalue weighted by molar-refractivity contribution is -0.123. The van der Waals surface area contributed by atoms with Crippen LogP contribution in [0.2, 0.25) is 0 Å². The van der Waals surface area contributed by atoms with Crippen LogP contribution in [0, 0.1) is 13.8 Å². The maximum atomic E-state index is 12.6. The summed E-state index contributed by atoms with van der Waals surface area (Å²) in [5.74, 6) is 1.42. The average Bonchev–Trinajstić information content (AvgIpc) is 3.18. The van der Waals surface area contributed by atoms with E-state index in [0.717, 1.165) is 46.7 Å². The molecule has 1 amide bonds. The second-order valence-electron chi connectivity index (χ2n) is 8.19. The smallest absolute Gasteiger partial charge is 0.258 e.